The normalized spacial score (nSPS) is 12.5. The zero-order valence-corrected chi connectivity index (χ0v) is 7.67. The maximum Gasteiger partial charge on any atom is 0.330 e. The van der Waals surface area contributed by atoms with Crippen molar-refractivity contribution < 1.29 is 22.3 Å². The smallest absolute Gasteiger partial charge is 0.330 e. The molecule has 80 valence electrons. The van der Waals surface area contributed by atoms with Gasteiger partial charge in [-0.15, -0.1) is 11.6 Å². The van der Waals surface area contributed by atoms with Gasteiger partial charge in [0.05, 0.1) is 0 Å². The number of halogens is 5. The minimum Gasteiger partial charge on any atom is -0.375 e. The first kappa shape index (κ1) is 13.0. The lowest BCUT2D eigenvalue weighted by molar-refractivity contribution is -0.165. The van der Waals surface area contributed by atoms with Crippen LogP contribution in [0.1, 0.15) is 12.8 Å². The maximum absolute atomic E-state index is 12.2. The average molecular weight is 223 g/mol. The molecular formula is C7H11ClF4O. The Bertz CT molecular complexity index is 132. The van der Waals surface area contributed by atoms with E-state index in [0.717, 1.165) is 0 Å². The number of hydrogen-bond acceptors (Lipinski definition) is 1. The van der Waals surface area contributed by atoms with Crippen LogP contribution < -0.4 is 0 Å². The molecule has 0 aromatic rings. The van der Waals surface area contributed by atoms with E-state index in [0.29, 0.717) is 18.7 Å². The SMILES string of the molecule is FC(F)C(F)(F)COCCCCCl. The van der Waals surface area contributed by atoms with Crippen molar-refractivity contribution in [3.8, 4) is 0 Å². The van der Waals surface area contributed by atoms with Crippen LogP contribution in [-0.2, 0) is 4.74 Å². The van der Waals surface area contributed by atoms with Crippen molar-refractivity contribution in [2.24, 2.45) is 0 Å². The van der Waals surface area contributed by atoms with Crippen molar-refractivity contribution in [1.82, 2.24) is 0 Å². The Kier molecular flexibility index (Phi) is 6.41. The molecule has 0 radical (unpaired) electrons. The second kappa shape index (κ2) is 6.43. The van der Waals surface area contributed by atoms with Crippen LogP contribution in [0.5, 0.6) is 0 Å². The van der Waals surface area contributed by atoms with Crippen LogP contribution >= 0.6 is 11.6 Å². The molecule has 0 bridgehead atoms. The Labute approximate surface area is 79.0 Å². The Balaban J connectivity index is 3.41. The molecule has 0 heterocycles. The van der Waals surface area contributed by atoms with Crippen LogP contribution in [0.2, 0.25) is 0 Å². The monoisotopic (exact) mass is 222 g/mol. The third kappa shape index (κ3) is 6.10. The zero-order chi connectivity index (χ0) is 10.3. The molecule has 1 nitrogen and oxygen atoms in total. The predicted molar refractivity (Wildman–Crippen MR) is 41.7 cm³/mol. The lowest BCUT2D eigenvalue weighted by Gasteiger charge is -2.14. The molecule has 0 aliphatic rings. The summed E-state index contributed by atoms with van der Waals surface area (Å²) in [5, 5.41) is 0. The van der Waals surface area contributed by atoms with Crippen LogP contribution in [0.3, 0.4) is 0 Å². The van der Waals surface area contributed by atoms with Gasteiger partial charge in [0.1, 0.15) is 6.61 Å². The fraction of sp³-hybridized carbons (Fsp3) is 1.00. The predicted octanol–water partition coefficient (Wildman–Crippen LogP) is 2.92. The highest BCUT2D eigenvalue weighted by Crippen LogP contribution is 2.22. The van der Waals surface area contributed by atoms with Crippen LogP contribution in [-0.4, -0.2) is 31.4 Å². The van der Waals surface area contributed by atoms with Crippen molar-refractivity contribution in [2.45, 2.75) is 25.2 Å². The molecule has 0 aromatic carbocycles. The molecule has 0 unspecified atom stereocenters. The fourth-order valence-electron chi connectivity index (χ4n) is 0.570. The lowest BCUT2D eigenvalue weighted by Crippen LogP contribution is -2.32. The molecule has 0 amide bonds. The van der Waals surface area contributed by atoms with Crippen molar-refractivity contribution in [3.05, 3.63) is 0 Å². The topological polar surface area (TPSA) is 9.23 Å². The summed E-state index contributed by atoms with van der Waals surface area (Å²) in [5.74, 6) is -3.63. The van der Waals surface area contributed by atoms with Crippen LogP contribution in [0.4, 0.5) is 17.6 Å². The van der Waals surface area contributed by atoms with Gasteiger partial charge in [-0.05, 0) is 12.8 Å². The molecular weight excluding hydrogens is 212 g/mol. The first-order valence-corrected chi connectivity index (χ1v) is 4.34. The molecule has 0 rings (SSSR count). The number of ether oxygens (including phenoxy) is 1. The highest BCUT2D eigenvalue weighted by molar-refractivity contribution is 6.17. The van der Waals surface area contributed by atoms with E-state index in [1.807, 2.05) is 0 Å². The number of hydrogen-bond donors (Lipinski definition) is 0. The van der Waals surface area contributed by atoms with Crippen molar-refractivity contribution in [2.75, 3.05) is 19.1 Å². The van der Waals surface area contributed by atoms with Gasteiger partial charge in [0, 0.05) is 12.5 Å². The summed E-state index contributed by atoms with van der Waals surface area (Å²) in [6.07, 6.45) is -2.54. The van der Waals surface area contributed by atoms with Crippen LogP contribution in [0.15, 0.2) is 0 Å². The molecule has 0 aromatic heterocycles. The van der Waals surface area contributed by atoms with E-state index in [-0.39, 0.29) is 6.61 Å². The molecule has 0 aliphatic carbocycles. The van der Waals surface area contributed by atoms with E-state index < -0.39 is 19.0 Å². The van der Waals surface area contributed by atoms with Gasteiger partial charge in [-0.25, -0.2) is 8.78 Å². The molecule has 0 aliphatic heterocycles. The summed E-state index contributed by atoms with van der Waals surface area (Å²) in [7, 11) is 0. The second-order valence-electron chi connectivity index (χ2n) is 2.51. The van der Waals surface area contributed by atoms with Crippen molar-refractivity contribution in [1.29, 1.82) is 0 Å². The summed E-state index contributed by atoms with van der Waals surface area (Å²) in [6, 6.07) is 0. The van der Waals surface area contributed by atoms with E-state index in [2.05, 4.69) is 4.74 Å². The molecule has 0 spiro atoms. The van der Waals surface area contributed by atoms with Gasteiger partial charge >= 0.3 is 12.3 Å². The van der Waals surface area contributed by atoms with Gasteiger partial charge in [0.25, 0.3) is 0 Å². The van der Waals surface area contributed by atoms with E-state index in [1.165, 1.54) is 0 Å². The summed E-state index contributed by atoms with van der Waals surface area (Å²) in [4.78, 5) is 0. The highest BCUT2D eigenvalue weighted by atomic mass is 35.5. The molecule has 0 fully saturated rings. The molecule has 0 atom stereocenters. The van der Waals surface area contributed by atoms with Gasteiger partial charge < -0.3 is 4.74 Å². The average Bonchev–Trinajstić information content (AvgIpc) is 2.03. The molecule has 0 N–H and O–H groups in total. The summed E-state index contributed by atoms with van der Waals surface area (Å²) in [6.45, 7) is -1.19. The van der Waals surface area contributed by atoms with Crippen LogP contribution in [0, 0.1) is 0 Å². The Hall–Kier alpha value is -0.0300. The van der Waals surface area contributed by atoms with E-state index >= 15 is 0 Å². The lowest BCUT2D eigenvalue weighted by atomic mass is 10.3. The Morgan fingerprint density at radius 1 is 1.23 bits per heavy atom. The van der Waals surface area contributed by atoms with Crippen LogP contribution in [0.25, 0.3) is 0 Å². The van der Waals surface area contributed by atoms with Gasteiger partial charge in [-0.3, -0.25) is 0 Å². The minimum atomic E-state index is -4.04. The minimum absolute atomic E-state index is 0.0367. The summed E-state index contributed by atoms with van der Waals surface area (Å²) < 4.78 is 51.8. The molecule has 0 saturated heterocycles. The third-order valence-electron chi connectivity index (χ3n) is 1.29. The Morgan fingerprint density at radius 2 is 1.85 bits per heavy atom. The first-order valence-electron chi connectivity index (χ1n) is 3.80. The summed E-state index contributed by atoms with van der Waals surface area (Å²) >= 11 is 5.30. The van der Waals surface area contributed by atoms with Crippen molar-refractivity contribution >= 4 is 11.6 Å². The van der Waals surface area contributed by atoms with E-state index in [4.69, 9.17) is 11.6 Å². The fourth-order valence-corrected chi connectivity index (χ4v) is 0.759. The maximum atomic E-state index is 12.2. The quantitative estimate of drug-likeness (QED) is 0.366. The Morgan fingerprint density at radius 3 is 2.31 bits per heavy atom. The van der Waals surface area contributed by atoms with Gasteiger partial charge in [0.15, 0.2) is 0 Å². The number of unbranched alkanes of at least 4 members (excludes halogenated alkanes) is 1. The van der Waals surface area contributed by atoms with E-state index in [9.17, 15) is 17.6 Å². The first-order chi connectivity index (χ1) is 6.00. The second-order valence-corrected chi connectivity index (χ2v) is 2.89. The molecule has 6 heteroatoms. The molecule has 13 heavy (non-hydrogen) atoms. The van der Waals surface area contributed by atoms with Gasteiger partial charge in [-0.2, -0.15) is 8.78 Å². The third-order valence-corrected chi connectivity index (χ3v) is 1.55. The largest absolute Gasteiger partial charge is 0.375 e. The van der Waals surface area contributed by atoms with Crippen molar-refractivity contribution in [3.63, 3.8) is 0 Å². The van der Waals surface area contributed by atoms with Gasteiger partial charge in [0.2, 0.25) is 0 Å². The summed E-state index contributed by atoms with van der Waals surface area (Å²) in [5.41, 5.74) is 0. The van der Waals surface area contributed by atoms with E-state index in [1.54, 1.807) is 0 Å². The molecule has 0 saturated carbocycles. The standard InChI is InChI=1S/C7H11ClF4O/c8-3-1-2-4-13-5-7(11,12)6(9)10/h6H,1-5H2. The zero-order valence-electron chi connectivity index (χ0n) is 6.91. The number of rotatable bonds is 7. The highest BCUT2D eigenvalue weighted by Gasteiger charge is 2.40. The van der Waals surface area contributed by atoms with Gasteiger partial charge in [-0.1, -0.05) is 0 Å². The number of alkyl halides is 5.